The highest BCUT2D eigenvalue weighted by Crippen LogP contribution is 2.38. The summed E-state index contributed by atoms with van der Waals surface area (Å²) < 4.78 is 6.40. The van der Waals surface area contributed by atoms with Crippen molar-refractivity contribution < 1.29 is 9.53 Å². The minimum absolute atomic E-state index is 0.0980. The molecule has 28 heavy (non-hydrogen) atoms. The minimum atomic E-state index is -0.344. The van der Waals surface area contributed by atoms with Gasteiger partial charge in [-0.25, -0.2) is 0 Å². The topological polar surface area (TPSA) is 57.0 Å². The highest BCUT2D eigenvalue weighted by molar-refractivity contribution is 6.32. The first-order valence-electron chi connectivity index (χ1n) is 8.60. The van der Waals surface area contributed by atoms with Crippen molar-refractivity contribution in [3.63, 3.8) is 0 Å². The maximum absolute atomic E-state index is 11.8. The molecular formula is C21H19Cl2N3O2. The van der Waals surface area contributed by atoms with Gasteiger partial charge in [-0.1, -0.05) is 41.4 Å². The summed E-state index contributed by atoms with van der Waals surface area (Å²) in [5, 5.41) is 5.65. The average molecular weight is 416 g/mol. The third-order valence-corrected chi connectivity index (χ3v) is 5.00. The van der Waals surface area contributed by atoms with Crippen LogP contribution in [0.4, 0.5) is 0 Å². The van der Waals surface area contributed by atoms with Crippen LogP contribution < -0.4 is 0 Å². The molecule has 2 aromatic heterocycles. The highest BCUT2D eigenvalue weighted by Gasteiger charge is 2.23. The molecule has 0 N–H and O–H groups in total. The van der Waals surface area contributed by atoms with E-state index in [9.17, 15) is 4.79 Å². The fraction of sp³-hybridized carbons (Fsp3) is 0.190. The number of esters is 1. The molecule has 3 aromatic rings. The standard InChI is InChI=1S/C21H19Cl2N3O2/c1-13-12-14(22)7-8-15(13)16(9-10-18(27)28-3)19-20(25-26(2)21(19)23)17-6-4-5-11-24-17/h4-9,11-12H,10H2,1-3H3. The Morgan fingerprint density at radius 2 is 2.04 bits per heavy atom. The van der Waals surface area contributed by atoms with Crippen LogP contribution in [0.3, 0.4) is 0 Å². The van der Waals surface area contributed by atoms with Crippen LogP contribution in [0.5, 0.6) is 0 Å². The molecule has 0 aliphatic rings. The molecule has 5 nitrogen and oxygen atoms in total. The SMILES string of the molecule is COC(=O)CC=C(c1ccc(Cl)cc1C)c1c(-c2ccccn2)nn(C)c1Cl. The zero-order chi connectivity index (χ0) is 20.3. The first-order valence-corrected chi connectivity index (χ1v) is 9.35. The van der Waals surface area contributed by atoms with Crippen molar-refractivity contribution in [3.05, 3.63) is 75.5 Å². The third-order valence-electron chi connectivity index (χ3n) is 4.33. The molecule has 0 saturated carbocycles. The van der Waals surface area contributed by atoms with Crippen molar-refractivity contribution in [2.24, 2.45) is 7.05 Å². The number of aryl methyl sites for hydroxylation is 2. The fourth-order valence-corrected chi connectivity index (χ4v) is 3.42. The van der Waals surface area contributed by atoms with Crippen molar-refractivity contribution in [2.75, 3.05) is 7.11 Å². The Labute approximate surface area is 173 Å². The minimum Gasteiger partial charge on any atom is -0.469 e. The molecule has 0 saturated heterocycles. The number of methoxy groups -OCH3 is 1. The number of nitrogens with zero attached hydrogens (tertiary/aromatic N) is 3. The Morgan fingerprint density at radius 1 is 1.25 bits per heavy atom. The van der Waals surface area contributed by atoms with Gasteiger partial charge < -0.3 is 4.74 Å². The number of carbonyl (C=O) groups excluding carboxylic acids is 1. The molecule has 0 radical (unpaired) electrons. The lowest BCUT2D eigenvalue weighted by molar-refractivity contribution is -0.139. The maximum Gasteiger partial charge on any atom is 0.309 e. The number of benzene rings is 1. The fourth-order valence-electron chi connectivity index (χ4n) is 2.97. The van der Waals surface area contributed by atoms with E-state index < -0.39 is 0 Å². The lowest BCUT2D eigenvalue weighted by Gasteiger charge is -2.13. The van der Waals surface area contributed by atoms with E-state index in [-0.39, 0.29) is 12.4 Å². The van der Waals surface area contributed by atoms with Crippen LogP contribution in [0.1, 0.15) is 23.1 Å². The summed E-state index contributed by atoms with van der Waals surface area (Å²) in [4.78, 5) is 16.2. The summed E-state index contributed by atoms with van der Waals surface area (Å²) in [6.45, 7) is 1.96. The van der Waals surface area contributed by atoms with E-state index in [0.29, 0.717) is 27.1 Å². The first kappa shape index (κ1) is 20.1. The first-order chi connectivity index (χ1) is 13.4. The van der Waals surface area contributed by atoms with Crippen LogP contribution in [-0.2, 0) is 16.6 Å². The lowest BCUT2D eigenvalue weighted by Crippen LogP contribution is -2.00. The van der Waals surface area contributed by atoms with E-state index >= 15 is 0 Å². The lowest BCUT2D eigenvalue weighted by atomic mass is 9.93. The van der Waals surface area contributed by atoms with Gasteiger partial charge in [0, 0.05) is 23.8 Å². The van der Waals surface area contributed by atoms with Gasteiger partial charge in [-0.2, -0.15) is 5.10 Å². The van der Waals surface area contributed by atoms with E-state index in [2.05, 4.69) is 10.1 Å². The van der Waals surface area contributed by atoms with Gasteiger partial charge in [0.1, 0.15) is 10.8 Å². The van der Waals surface area contributed by atoms with Crippen LogP contribution in [0, 0.1) is 6.92 Å². The molecule has 0 aliphatic carbocycles. The average Bonchev–Trinajstić information content (AvgIpc) is 2.99. The van der Waals surface area contributed by atoms with Gasteiger partial charge in [0.05, 0.1) is 19.2 Å². The second-order valence-electron chi connectivity index (χ2n) is 6.21. The molecule has 2 heterocycles. The van der Waals surface area contributed by atoms with Crippen LogP contribution in [-0.4, -0.2) is 27.8 Å². The van der Waals surface area contributed by atoms with Crippen molar-refractivity contribution in [1.29, 1.82) is 0 Å². The van der Waals surface area contributed by atoms with Crippen molar-refractivity contribution >= 4 is 34.7 Å². The van der Waals surface area contributed by atoms with Gasteiger partial charge in [0.2, 0.25) is 0 Å². The van der Waals surface area contributed by atoms with Crippen molar-refractivity contribution in [1.82, 2.24) is 14.8 Å². The predicted molar refractivity (Wildman–Crippen MR) is 111 cm³/mol. The normalized spacial score (nSPS) is 11.5. The molecule has 0 amide bonds. The monoisotopic (exact) mass is 415 g/mol. The summed E-state index contributed by atoms with van der Waals surface area (Å²) in [7, 11) is 3.13. The Bertz CT molecular complexity index is 1040. The Balaban J connectivity index is 2.26. The van der Waals surface area contributed by atoms with Gasteiger partial charge >= 0.3 is 5.97 Å². The van der Waals surface area contributed by atoms with Gasteiger partial charge in [-0.15, -0.1) is 0 Å². The van der Waals surface area contributed by atoms with E-state index in [0.717, 1.165) is 16.7 Å². The quantitative estimate of drug-likeness (QED) is 0.544. The number of rotatable bonds is 5. The molecule has 144 valence electrons. The Hall–Kier alpha value is -2.63. The molecule has 0 atom stereocenters. The molecular weight excluding hydrogens is 397 g/mol. The number of aromatic nitrogens is 3. The zero-order valence-corrected chi connectivity index (χ0v) is 17.3. The number of hydrogen-bond acceptors (Lipinski definition) is 4. The molecule has 0 bridgehead atoms. The number of hydrogen-bond donors (Lipinski definition) is 0. The molecule has 7 heteroatoms. The summed E-state index contributed by atoms with van der Waals surface area (Å²) in [6.07, 6.45) is 3.60. The molecule has 1 aromatic carbocycles. The number of carbonyl (C=O) groups is 1. The summed E-state index contributed by atoms with van der Waals surface area (Å²) in [5.74, 6) is -0.344. The number of ether oxygens (including phenoxy) is 1. The predicted octanol–water partition coefficient (Wildman–Crippen LogP) is 5.09. The van der Waals surface area contributed by atoms with Gasteiger partial charge in [-0.3, -0.25) is 14.5 Å². The zero-order valence-electron chi connectivity index (χ0n) is 15.7. The van der Waals surface area contributed by atoms with E-state index in [1.54, 1.807) is 30.1 Å². The Kier molecular flexibility index (Phi) is 6.17. The number of pyridine rings is 1. The third kappa shape index (κ3) is 4.11. The van der Waals surface area contributed by atoms with E-state index in [1.807, 2.05) is 37.3 Å². The van der Waals surface area contributed by atoms with Crippen LogP contribution in [0.25, 0.3) is 17.0 Å². The smallest absolute Gasteiger partial charge is 0.309 e. The van der Waals surface area contributed by atoms with Crippen LogP contribution >= 0.6 is 23.2 Å². The maximum atomic E-state index is 11.8. The highest BCUT2D eigenvalue weighted by atomic mass is 35.5. The van der Waals surface area contributed by atoms with E-state index in [1.165, 1.54) is 7.11 Å². The molecule has 0 spiro atoms. The van der Waals surface area contributed by atoms with Crippen LogP contribution in [0.2, 0.25) is 10.2 Å². The second-order valence-corrected chi connectivity index (χ2v) is 7.00. The summed E-state index contributed by atoms with van der Waals surface area (Å²) in [5.41, 5.74) is 4.67. The number of halogens is 2. The Morgan fingerprint density at radius 3 is 2.68 bits per heavy atom. The molecule has 3 rings (SSSR count). The largest absolute Gasteiger partial charge is 0.469 e. The van der Waals surface area contributed by atoms with Crippen molar-refractivity contribution in [2.45, 2.75) is 13.3 Å². The summed E-state index contributed by atoms with van der Waals surface area (Å²) in [6, 6.07) is 11.2. The summed E-state index contributed by atoms with van der Waals surface area (Å²) >= 11 is 12.8. The molecule has 0 unspecified atom stereocenters. The van der Waals surface area contributed by atoms with Gasteiger partial charge in [-0.05, 0) is 47.9 Å². The molecule has 0 fully saturated rings. The van der Waals surface area contributed by atoms with Gasteiger partial charge in [0.15, 0.2) is 0 Å². The van der Waals surface area contributed by atoms with E-state index in [4.69, 9.17) is 27.9 Å². The second kappa shape index (κ2) is 8.59. The molecule has 0 aliphatic heterocycles. The van der Waals surface area contributed by atoms with Crippen LogP contribution in [0.15, 0.2) is 48.7 Å². The van der Waals surface area contributed by atoms with Gasteiger partial charge in [0.25, 0.3) is 0 Å². The van der Waals surface area contributed by atoms with Crippen molar-refractivity contribution in [3.8, 4) is 11.4 Å².